The average molecular weight is 518 g/mol. The van der Waals surface area contributed by atoms with Crippen LogP contribution in [0.4, 0.5) is 10.1 Å². The van der Waals surface area contributed by atoms with Crippen molar-refractivity contribution in [3.8, 4) is 17.3 Å². The Morgan fingerprint density at radius 2 is 1.76 bits per heavy atom. The van der Waals surface area contributed by atoms with Crippen molar-refractivity contribution < 1.29 is 18.4 Å². The lowest BCUT2D eigenvalue weighted by atomic mass is 10.1. The SMILES string of the molecule is Cc1ccc2nc(OC(C)(C)C)c(-c3noc(CCC(=O)N4CCN(c5ccc(F)cc5)CC4)n3)cc2c1. The molecule has 0 aliphatic carbocycles. The molecule has 2 aromatic carbocycles. The first kappa shape index (κ1) is 25.6. The summed E-state index contributed by atoms with van der Waals surface area (Å²) in [5.41, 5.74) is 3.11. The lowest BCUT2D eigenvalue weighted by molar-refractivity contribution is -0.131. The van der Waals surface area contributed by atoms with Gasteiger partial charge in [-0.25, -0.2) is 9.37 Å². The molecule has 0 bridgehead atoms. The highest BCUT2D eigenvalue weighted by Gasteiger charge is 2.24. The van der Waals surface area contributed by atoms with Crippen LogP contribution in [0.1, 0.15) is 38.6 Å². The second-order valence-electron chi connectivity index (χ2n) is 10.6. The zero-order valence-electron chi connectivity index (χ0n) is 22.2. The number of hydrogen-bond acceptors (Lipinski definition) is 7. The Balaban J connectivity index is 1.25. The second kappa shape index (κ2) is 10.4. The summed E-state index contributed by atoms with van der Waals surface area (Å²) in [6, 6.07) is 14.5. The van der Waals surface area contributed by atoms with Crippen LogP contribution in [0, 0.1) is 12.7 Å². The number of pyridine rings is 1. The zero-order chi connectivity index (χ0) is 26.9. The quantitative estimate of drug-likeness (QED) is 0.348. The monoisotopic (exact) mass is 517 g/mol. The van der Waals surface area contributed by atoms with E-state index in [1.54, 1.807) is 12.1 Å². The van der Waals surface area contributed by atoms with Crippen LogP contribution < -0.4 is 9.64 Å². The molecule has 0 N–H and O–H groups in total. The van der Waals surface area contributed by atoms with Gasteiger partial charge in [-0.15, -0.1) is 0 Å². The van der Waals surface area contributed by atoms with Crippen LogP contribution in [-0.2, 0) is 11.2 Å². The predicted molar refractivity (Wildman–Crippen MR) is 144 cm³/mol. The molecule has 0 saturated carbocycles. The molecule has 8 nitrogen and oxygen atoms in total. The summed E-state index contributed by atoms with van der Waals surface area (Å²) in [5, 5.41) is 5.14. The van der Waals surface area contributed by atoms with Crippen molar-refractivity contribution in [3.05, 3.63) is 65.8 Å². The molecule has 5 rings (SSSR count). The molecule has 0 spiro atoms. The Labute approximate surface area is 221 Å². The lowest BCUT2D eigenvalue weighted by Crippen LogP contribution is -2.48. The highest BCUT2D eigenvalue weighted by molar-refractivity contribution is 5.85. The molecule has 0 atom stereocenters. The van der Waals surface area contributed by atoms with Crippen molar-refractivity contribution in [1.82, 2.24) is 20.0 Å². The highest BCUT2D eigenvalue weighted by Crippen LogP contribution is 2.32. The van der Waals surface area contributed by atoms with Crippen molar-refractivity contribution in [2.75, 3.05) is 31.1 Å². The van der Waals surface area contributed by atoms with Gasteiger partial charge in [-0.05, 0) is 70.2 Å². The van der Waals surface area contributed by atoms with Gasteiger partial charge in [0.2, 0.25) is 23.5 Å². The minimum absolute atomic E-state index is 0.0445. The molecule has 38 heavy (non-hydrogen) atoms. The fourth-order valence-electron chi connectivity index (χ4n) is 4.51. The molecule has 1 aliphatic rings. The van der Waals surface area contributed by atoms with Gasteiger partial charge in [0.1, 0.15) is 11.4 Å². The van der Waals surface area contributed by atoms with E-state index in [9.17, 15) is 9.18 Å². The summed E-state index contributed by atoms with van der Waals surface area (Å²) in [6.07, 6.45) is 0.623. The molecule has 2 aromatic heterocycles. The number of aryl methyl sites for hydroxylation is 2. The molecule has 0 radical (unpaired) electrons. The van der Waals surface area contributed by atoms with Crippen LogP contribution in [0.3, 0.4) is 0 Å². The third-order valence-electron chi connectivity index (χ3n) is 6.42. The van der Waals surface area contributed by atoms with Crippen LogP contribution >= 0.6 is 0 Å². The van der Waals surface area contributed by atoms with E-state index in [-0.39, 0.29) is 18.1 Å². The molecule has 4 aromatic rings. The van der Waals surface area contributed by atoms with E-state index in [2.05, 4.69) is 21.1 Å². The van der Waals surface area contributed by atoms with E-state index in [0.29, 0.717) is 55.8 Å². The standard InChI is InChI=1S/C29H32FN5O3/c1-19-5-10-24-20(17-19)18-23(28(31-24)37-29(2,3)4)27-32-25(38-33-27)11-12-26(36)35-15-13-34(14-16-35)22-8-6-21(30)7-9-22/h5-10,17-18H,11-16H2,1-4H3. The molecule has 3 heterocycles. The second-order valence-corrected chi connectivity index (χ2v) is 10.6. The van der Waals surface area contributed by atoms with Crippen LogP contribution in [0.25, 0.3) is 22.3 Å². The van der Waals surface area contributed by atoms with Crippen LogP contribution in [0.2, 0.25) is 0 Å². The van der Waals surface area contributed by atoms with Crippen molar-refractivity contribution in [1.29, 1.82) is 0 Å². The van der Waals surface area contributed by atoms with E-state index in [1.165, 1.54) is 12.1 Å². The number of piperazine rings is 1. The van der Waals surface area contributed by atoms with Crippen molar-refractivity contribution >= 4 is 22.5 Å². The van der Waals surface area contributed by atoms with E-state index in [4.69, 9.17) is 14.2 Å². The molecular weight excluding hydrogens is 485 g/mol. The van der Waals surface area contributed by atoms with Gasteiger partial charge in [-0.3, -0.25) is 4.79 Å². The maximum Gasteiger partial charge on any atom is 0.227 e. The average Bonchev–Trinajstić information content (AvgIpc) is 3.35. The van der Waals surface area contributed by atoms with Gasteiger partial charge in [-0.1, -0.05) is 16.8 Å². The smallest absolute Gasteiger partial charge is 0.227 e. The molecule has 1 fully saturated rings. The third kappa shape index (κ3) is 5.93. The molecule has 1 saturated heterocycles. The molecule has 0 unspecified atom stereocenters. The van der Waals surface area contributed by atoms with Gasteiger partial charge in [-0.2, -0.15) is 4.98 Å². The summed E-state index contributed by atoms with van der Waals surface area (Å²) >= 11 is 0. The number of aromatic nitrogens is 3. The number of carbonyl (C=O) groups is 1. The number of rotatable bonds is 6. The fraction of sp³-hybridized carbons (Fsp3) is 0.379. The maximum absolute atomic E-state index is 13.2. The summed E-state index contributed by atoms with van der Waals surface area (Å²) in [7, 11) is 0. The van der Waals surface area contributed by atoms with Crippen molar-refractivity contribution in [2.45, 2.75) is 46.1 Å². The minimum atomic E-state index is -0.459. The van der Waals surface area contributed by atoms with Crippen LogP contribution in [-0.4, -0.2) is 57.7 Å². The molecule has 1 aliphatic heterocycles. The summed E-state index contributed by atoms with van der Waals surface area (Å²) in [6.45, 7) is 10.5. The van der Waals surface area contributed by atoms with Gasteiger partial charge < -0.3 is 19.1 Å². The molecule has 9 heteroatoms. The molecular formula is C29H32FN5O3. The number of halogens is 1. The van der Waals surface area contributed by atoms with E-state index >= 15 is 0 Å². The van der Waals surface area contributed by atoms with Crippen LogP contribution in [0.15, 0.2) is 53.1 Å². The Kier molecular flexibility index (Phi) is 7.01. The maximum atomic E-state index is 13.2. The number of ether oxygens (including phenoxy) is 1. The normalized spacial score (nSPS) is 14.2. The minimum Gasteiger partial charge on any atom is -0.471 e. The van der Waals surface area contributed by atoms with Gasteiger partial charge in [0.05, 0.1) is 11.1 Å². The van der Waals surface area contributed by atoms with Crippen molar-refractivity contribution in [3.63, 3.8) is 0 Å². The Bertz CT molecular complexity index is 1440. The highest BCUT2D eigenvalue weighted by atomic mass is 19.1. The Morgan fingerprint density at radius 1 is 1.03 bits per heavy atom. The Hall–Kier alpha value is -4.01. The lowest BCUT2D eigenvalue weighted by Gasteiger charge is -2.36. The number of anilines is 1. The summed E-state index contributed by atoms with van der Waals surface area (Å²) in [5.74, 6) is 1.01. The van der Waals surface area contributed by atoms with Gasteiger partial charge >= 0.3 is 0 Å². The number of amides is 1. The van der Waals surface area contributed by atoms with Gasteiger partial charge in [0, 0.05) is 50.1 Å². The van der Waals surface area contributed by atoms with Crippen molar-refractivity contribution in [2.24, 2.45) is 0 Å². The van der Waals surface area contributed by atoms with E-state index in [1.807, 2.05) is 50.8 Å². The number of hydrogen-bond donors (Lipinski definition) is 0. The van der Waals surface area contributed by atoms with E-state index < -0.39 is 5.60 Å². The summed E-state index contributed by atoms with van der Waals surface area (Å²) in [4.78, 5) is 26.2. The first-order chi connectivity index (χ1) is 18.1. The number of fused-ring (bicyclic) bond motifs is 1. The fourth-order valence-corrected chi connectivity index (χ4v) is 4.51. The van der Waals surface area contributed by atoms with Gasteiger partial charge in [0.15, 0.2) is 0 Å². The third-order valence-corrected chi connectivity index (χ3v) is 6.42. The molecule has 1 amide bonds. The molecule has 198 valence electrons. The van der Waals surface area contributed by atoms with Crippen LogP contribution in [0.5, 0.6) is 5.88 Å². The van der Waals surface area contributed by atoms with Gasteiger partial charge in [0.25, 0.3) is 0 Å². The number of nitrogens with zero attached hydrogens (tertiary/aromatic N) is 5. The van der Waals surface area contributed by atoms with E-state index in [0.717, 1.165) is 22.2 Å². The number of carbonyl (C=O) groups excluding carboxylic acids is 1. The Morgan fingerprint density at radius 3 is 2.47 bits per heavy atom. The first-order valence-electron chi connectivity index (χ1n) is 12.9. The summed E-state index contributed by atoms with van der Waals surface area (Å²) < 4.78 is 24.9. The topological polar surface area (TPSA) is 84.6 Å². The number of benzene rings is 2. The predicted octanol–water partition coefficient (Wildman–Crippen LogP) is 5.19. The zero-order valence-corrected chi connectivity index (χ0v) is 22.2. The first-order valence-corrected chi connectivity index (χ1v) is 12.9. The largest absolute Gasteiger partial charge is 0.471 e.